The van der Waals surface area contributed by atoms with E-state index in [9.17, 15) is 0 Å². The molecule has 0 aliphatic rings. The molecule has 4 N–H and O–H groups in total. The third-order valence-electron chi connectivity index (χ3n) is 0. The molecule has 0 rings (SSSR count). The van der Waals surface area contributed by atoms with Crippen molar-refractivity contribution < 1.29 is 51.8 Å². The summed E-state index contributed by atoms with van der Waals surface area (Å²) in [5.74, 6) is 0. The van der Waals surface area contributed by atoms with Crippen LogP contribution in [0, 0.1) is 0 Å². The van der Waals surface area contributed by atoms with E-state index in [1.54, 1.807) is 0 Å². The second-order valence-corrected chi connectivity index (χ2v) is 0.275. The Morgan fingerprint density at radius 3 is 1.00 bits per heavy atom. The summed E-state index contributed by atoms with van der Waals surface area (Å²) in [5.41, 5.74) is 0. The normalized spacial score (nSPS) is 3.67. The Kier molecular flexibility index (Phi) is 191. The van der Waals surface area contributed by atoms with E-state index < -0.39 is 15.3 Å². The van der Waals surface area contributed by atoms with Crippen LogP contribution in [0.25, 0.3) is 0 Å². The molecule has 0 unspecified atom stereocenters. The maximum atomic E-state index is 7.09. The predicted octanol–water partition coefficient (Wildman–Crippen LogP) is -1.47. The molecule has 0 bridgehead atoms. The molecule has 0 aliphatic heterocycles. The van der Waals surface area contributed by atoms with E-state index >= 15 is 0 Å². The van der Waals surface area contributed by atoms with Crippen molar-refractivity contribution in [1.29, 1.82) is 0 Å². The molecule has 4 nitrogen and oxygen atoms in total. The number of hydrogen-bond donors (Lipinski definition) is 2. The van der Waals surface area contributed by atoms with E-state index in [0.29, 0.717) is 0 Å². The molecule has 0 amide bonds. The first kappa shape index (κ1) is 28.8. The minimum atomic E-state index is -0.562. The fourth-order valence-electron chi connectivity index (χ4n) is 0. The molecule has 44 valence electrons. The van der Waals surface area contributed by atoms with Crippen molar-refractivity contribution >= 4 is 0 Å². The van der Waals surface area contributed by atoms with E-state index in [1.165, 1.54) is 0 Å². The molecule has 0 fully saturated rings. The van der Waals surface area contributed by atoms with E-state index in [2.05, 4.69) is 0 Å². The summed E-state index contributed by atoms with van der Waals surface area (Å²) < 4.78 is 14.2. The number of rotatable bonds is 0. The Morgan fingerprint density at radius 1 is 1.00 bits per heavy atom. The first-order valence-electron chi connectivity index (χ1n) is 0.298. The van der Waals surface area contributed by atoms with Crippen molar-refractivity contribution in [3.63, 3.8) is 0 Å². The second-order valence-electron chi connectivity index (χ2n) is 0.0667. The Balaban J connectivity index is -0.00000000667. The van der Waals surface area contributed by atoms with Gasteiger partial charge in [-0.1, -0.05) is 0 Å². The van der Waals surface area contributed by atoms with Gasteiger partial charge in [0.25, 0.3) is 0 Å². The average Bonchev–Trinajstić information content (AvgIpc) is 0.918. The molecule has 0 aromatic heterocycles. The van der Waals surface area contributed by atoms with Crippen molar-refractivity contribution in [3.8, 4) is 0 Å². The molecule has 0 spiro atoms. The van der Waals surface area contributed by atoms with Gasteiger partial charge in [0.15, 0.2) is 0 Å². The monoisotopic (exact) mass is 182 g/mol. The van der Waals surface area contributed by atoms with Gasteiger partial charge in [-0.3, -0.25) is 0 Å². The van der Waals surface area contributed by atoms with Crippen LogP contribution in [0.4, 0.5) is 0 Å². The summed E-state index contributed by atoms with van der Waals surface area (Å²) >= 11 is -0.562. The summed E-state index contributed by atoms with van der Waals surface area (Å²) in [5, 5.41) is 0. The Hall–Kier alpha value is 0.866. The molecule has 0 heterocycles. The first-order chi connectivity index (χ1) is 1.41. The fraction of sp³-hybridized carbons (Fsp3) is 0. The van der Waals surface area contributed by atoms with Gasteiger partial charge >= 0.3 is 40.9 Å². The molecule has 1 radical (unpaired) electrons. The van der Waals surface area contributed by atoms with E-state index in [-0.39, 0.29) is 28.0 Å². The molecule has 6 heavy (non-hydrogen) atoms. The molecule has 0 saturated heterocycles. The third-order valence-corrected chi connectivity index (χ3v) is 0. The van der Waals surface area contributed by atoms with Crippen molar-refractivity contribution in [2.75, 3.05) is 0 Å². The molecule has 0 aliphatic carbocycles. The van der Waals surface area contributed by atoms with Crippen LogP contribution in [0.3, 0.4) is 0 Å². The Bertz CT molecular complexity index is 7.51. The van der Waals surface area contributed by atoms with E-state index in [0.717, 1.165) is 0 Å². The molecule has 0 atom stereocenters. The van der Waals surface area contributed by atoms with Gasteiger partial charge in [0.2, 0.25) is 0 Å². The predicted molar refractivity (Wildman–Crippen MR) is 8.31 cm³/mol. The van der Waals surface area contributed by atoms with Gasteiger partial charge < -0.3 is 11.0 Å². The van der Waals surface area contributed by atoms with Gasteiger partial charge in [-0.05, 0) is 0 Å². The zero-order chi connectivity index (χ0) is 2.71. The average molecular weight is 182 g/mol. The molecule has 0 saturated carbocycles. The zero-order valence-corrected chi connectivity index (χ0v) is 4.72. The summed E-state index contributed by atoms with van der Waals surface area (Å²) in [7, 11) is 0. The first-order valence-corrected chi connectivity index (χ1v) is 1.23. The topological polar surface area (TPSA) is 100 Å². The van der Waals surface area contributed by atoms with Crippen LogP contribution in [0.15, 0.2) is 0 Å². The van der Waals surface area contributed by atoms with Gasteiger partial charge in [-0.25, -0.2) is 0 Å². The second kappa shape index (κ2) is 39.9. The summed E-state index contributed by atoms with van der Waals surface area (Å²) in [6.45, 7) is 0. The van der Waals surface area contributed by atoms with Gasteiger partial charge in [0.05, 0.1) is 0 Å². The van der Waals surface area contributed by atoms with Crippen LogP contribution in [0.2, 0.25) is 0 Å². The zero-order valence-electron chi connectivity index (χ0n) is 2.50. The Labute approximate surface area is 52.3 Å². The SMILES string of the molecule is [Mn+2].[OH-].[OH-].[OH][Co][OH]. The van der Waals surface area contributed by atoms with Crippen molar-refractivity contribution in [2.45, 2.75) is 0 Å². The minimum absolute atomic E-state index is 0. The van der Waals surface area contributed by atoms with Crippen LogP contribution >= 0.6 is 0 Å². The van der Waals surface area contributed by atoms with Crippen molar-refractivity contribution in [3.05, 3.63) is 0 Å². The van der Waals surface area contributed by atoms with Crippen LogP contribution in [0.1, 0.15) is 0 Å². The van der Waals surface area contributed by atoms with Gasteiger partial charge in [-0.2, -0.15) is 0 Å². The molecular formula is H4CoMnO4. The summed E-state index contributed by atoms with van der Waals surface area (Å²) in [6, 6.07) is 0. The molecule has 6 heteroatoms. The quantitative estimate of drug-likeness (QED) is 0.446. The van der Waals surface area contributed by atoms with Gasteiger partial charge in [-0.15, -0.1) is 0 Å². The van der Waals surface area contributed by atoms with E-state index in [4.69, 9.17) is 8.44 Å². The molecule has 0 aromatic carbocycles. The summed E-state index contributed by atoms with van der Waals surface area (Å²) in [4.78, 5) is 0. The third kappa shape index (κ3) is 97.0. The molecular weight excluding hydrogens is 178 g/mol. The Morgan fingerprint density at radius 2 is 1.00 bits per heavy atom. The van der Waals surface area contributed by atoms with Gasteiger partial charge in [0.1, 0.15) is 0 Å². The maximum absolute atomic E-state index is 7.09. The fourth-order valence-corrected chi connectivity index (χ4v) is 0. The van der Waals surface area contributed by atoms with Crippen LogP contribution in [-0.4, -0.2) is 19.4 Å². The van der Waals surface area contributed by atoms with Crippen LogP contribution < -0.4 is 0 Å². The van der Waals surface area contributed by atoms with Crippen molar-refractivity contribution in [1.82, 2.24) is 0 Å². The van der Waals surface area contributed by atoms with E-state index in [1.807, 2.05) is 0 Å². The molecule has 0 aromatic rings. The standard InChI is InChI=1S/Co.Mn.4H2O/h;;4*1H2/q2*+2;;;;/p-4. The summed E-state index contributed by atoms with van der Waals surface area (Å²) in [6.07, 6.45) is 0. The van der Waals surface area contributed by atoms with Crippen LogP contribution in [-0.2, 0) is 32.4 Å². The van der Waals surface area contributed by atoms with Gasteiger partial charge in [0, 0.05) is 0 Å². The van der Waals surface area contributed by atoms with Crippen LogP contribution in [0.5, 0.6) is 0 Å². The van der Waals surface area contributed by atoms with Crippen molar-refractivity contribution in [2.24, 2.45) is 0 Å². The number of hydrogen-bond acceptors (Lipinski definition) is 4.